The monoisotopic (exact) mass is 404 g/mol. The van der Waals surface area contributed by atoms with Gasteiger partial charge < -0.3 is 20.7 Å². The lowest BCUT2D eigenvalue weighted by Gasteiger charge is -2.39. The third-order valence-corrected chi connectivity index (χ3v) is 7.08. The van der Waals surface area contributed by atoms with E-state index in [2.05, 4.69) is 71.9 Å². The molecular formula is C22H36N4OS. The van der Waals surface area contributed by atoms with Crippen LogP contribution < -0.4 is 16.0 Å². The SMILES string of the molecule is CCNC(=NCC1(NC(C)c2ccccc2)CCOCC1)NCC1CCCS1. The van der Waals surface area contributed by atoms with Gasteiger partial charge in [-0.1, -0.05) is 30.3 Å². The van der Waals surface area contributed by atoms with Crippen LogP contribution in [0.2, 0.25) is 0 Å². The molecule has 2 fully saturated rings. The molecule has 2 aliphatic heterocycles. The number of hydrogen-bond donors (Lipinski definition) is 3. The second-order valence-electron chi connectivity index (χ2n) is 7.88. The lowest BCUT2D eigenvalue weighted by molar-refractivity contribution is 0.0374. The summed E-state index contributed by atoms with van der Waals surface area (Å²) in [7, 11) is 0. The second kappa shape index (κ2) is 11.1. The molecule has 2 aliphatic rings. The number of thioether (sulfide) groups is 1. The van der Waals surface area contributed by atoms with E-state index in [0.717, 1.165) is 56.9 Å². The quantitative estimate of drug-likeness (QED) is 0.458. The van der Waals surface area contributed by atoms with E-state index >= 15 is 0 Å². The molecule has 0 aromatic heterocycles. The normalized spacial score (nSPS) is 23.4. The van der Waals surface area contributed by atoms with Crippen molar-refractivity contribution in [3.63, 3.8) is 0 Å². The van der Waals surface area contributed by atoms with E-state index in [1.807, 2.05) is 0 Å². The minimum absolute atomic E-state index is 0.0159. The molecule has 5 nitrogen and oxygen atoms in total. The molecule has 0 amide bonds. The molecule has 6 heteroatoms. The molecule has 3 rings (SSSR count). The van der Waals surface area contributed by atoms with Gasteiger partial charge in [-0.25, -0.2) is 0 Å². The van der Waals surface area contributed by atoms with Crippen LogP contribution in [0.3, 0.4) is 0 Å². The summed E-state index contributed by atoms with van der Waals surface area (Å²) in [6.45, 7) is 8.62. The molecule has 28 heavy (non-hydrogen) atoms. The highest BCUT2D eigenvalue weighted by Gasteiger charge is 2.34. The van der Waals surface area contributed by atoms with E-state index in [4.69, 9.17) is 9.73 Å². The Labute approximate surface area is 174 Å². The summed E-state index contributed by atoms with van der Waals surface area (Å²) >= 11 is 2.08. The third-order valence-electron chi connectivity index (χ3n) is 5.68. The fraction of sp³-hybridized carbons (Fsp3) is 0.682. The van der Waals surface area contributed by atoms with Crippen molar-refractivity contribution < 1.29 is 4.74 Å². The Hall–Kier alpha value is -1.24. The van der Waals surface area contributed by atoms with E-state index in [1.54, 1.807) is 0 Å². The summed E-state index contributed by atoms with van der Waals surface area (Å²) in [4.78, 5) is 4.98. The number of rotatable bonds is 8. The van der Waals surface area contributed by atoms with Crippen LogP contribution in [0.5, 0.6) is 0 Å². The van der Waals surface area contributed by atoms with Crippen LogP contribution in [0.15, 0.2) is 35.3 Å². The van der Waals surface area contributed by atoms with E-state index in [-0.39, 0.29) is 5.54 Å². The largest absolute Gasteiger partial charge is 0.381 e. The van der Waals surface area contributed by atoms with Crippen molar-refractivity contribution >= 4 is 17.7 Å². The van der Waals surface area contributed by atoms with E-state index in [9.17, 15) is 0 Å². The number of hydrogen-bond acceptors (Lipinski definition) is 4. The van der Waals surface area contributed by atoms with E-state index in [0.29, 0.717) is 6.04 Å². The van der Waals surface area contributed by atoms with Crippen molar-refractivity contribution in [3.8, 4) is 0 Å². The van der Waals surface area contributed by atoms with Crippen molar-refractivity contribution in [2.24, 2.45) is 4.99 Å². The molecule has 0 bridgehead atoms. The highest BCUT2D eigenvalue weighted by molar-refractivity contribution is 8.00. The molecule has 156 valence electrons. The Morgan fingerprint density at radius 1 is 1.25 bits per heavy atom. The molecule has 2 heterocycles. The number of guanidine groups is 1. The Balaban J connectivity index is 1.64. The zero-order valence-corrected chi connectivity index (χ0v) is 18.2. The summed E-state index contributed by atoms with van der Waals surface area (Å²) in [5, 5.41) is 11.6. The molecule has 1 aromatic rings. The maximum atomic E-state index is 5.66. The van der Waals surface area contributed by atoms with Gasteiger partial charge in [-0.2, -0.15) is 11.8 Å². The van der Waals surface area contributed by atoms with Gasteiger partial charge in [0.25, 0.3) is 0 Å². The Bertz CT molecular complexity index is 598. The average Bonchev–Trinajstić information content (AvgIpc) is 3.25. The summed E-state index contributed by atoms with van der Waals surface area (Å²) < 4.78 is 5.66. The molecule has 1 aromatic carbocycles. The lowest BCUT2D eigenvalue weighted by atomic mass is 9.88. The van der Waals surface area contributed by atoms with Crippen molar-refractivity contribution in [2.75, 3.05) is 38.6 Å². The first-order valence-corrected chi connectivity index (χ1v) is 11.8. The van der Waals surface area contributed by atoms with Gasteiger partial charge in [0.05, 0.1) is 6.54 Å². The molecule has 0 aliphatic carbocycles. The predicted octanol–water partition coefficient (Wildman–Crippen LogP) is 3.34. The average molecular weight is 405 g/mol. The highest BCUT2D eigenvalue weighted by Crippen LogP contribution is 2.26. The van der Waals surface area contributed by atoms with Gasteiger partial charge in [0.2, 0.25) is 0 Å². The molecule has 0 spiro atoms. The van der Waals surface area contributed by atoms with Crippen molar-refractivity contribution in [1.29, 1.82) is 0 Å². The smallest absolute Gasteiger partial charge is 0.191 e. The zero-order chi connectivity index (χ0) is 19.7. The Morgan fingerprint density at radius 3 is 2.71 bits per heavy atom. The molecule has 0 saturated carbocycles. The molecule has 2 unspecified atom stereocenters. The predicted molar refractivity (Wildman–Crippen MR) is 120 cm³/mol. The van der Waals surface area contributed by atoms with Crippen LogP contribution in [0.25, 0.3) is 0 Å². The number of aliphatic imine (C=N–C) groups is 1. The van der Waals surface area contributed by atoms with Crippen LogP contribution >= 0.6 is 11.8 Å². The number of nitrogens with one attached hydrogen (secondary N) is 3. The number of benzene rings is 1. The van der Waals surface area contributed by atoms with Gasteiger partial charge >= 0.3 is 0 Å². The minimum Gasteiger partial charge on any atom is -0.381 e. The summed E-state index contributed by atoms with van der Waals surface area (Å²) in [6, 6.07) is 11.0. The first-order chi connectivity index (χ1) is 13.7. The third kappa shape index (κ3) is 6.39. The second-order valence-corrected chi connectivity index (χ2v) is 9.29. The van der Waals surface area contributed by atoms with Gasteiger partial charge in [-0.3, -0.25) is 4.99 Å². The summed E-state index contributed by atoms with van der Waals surface area (Å²) in [5.41, 5.74) is 1.30. The Kier molecular flexibility index (Phi) is 8.49. The van der Waals surface area contributed by atoms with Gasteiger partial charge in [0.1, 0.15) is 0 Å². The fourth-order valence-corrected chi connectivity index (χ4v) is 5.18. The van der Waals surface area contributed by atoms with Crippen molar-refractivity contribution in [3.05, 3.63) is 35.9 Å². The number of ether oxygens (including phenoxy) is 1. The molecule has 0 radical (unpaired) electrons. The first-order valence-electron chi connectivity index (χ1n) is 10.7. The van der Waals surface area contributed by atoms with Crippen LogP contribution in [-0.2, 0) is 4.74 Å². The van der Waals surface area contributed by atoms with Crippen LogP contribution in [-0.4, -0.2) is 55.3 Å². The Morgan fingerprint density at radius 2 is 2.04 bits per heavy atom. The minimum atomic E-state index is -0.0159. The van der Waals surface area contributed by atoms with Crippen molar-refractivity contribution in [1.82, 2.24) is 16.0 Å². The number of nitrogens with zero attached hydrogens (tertiary/aromatic N) is 1. The fourth-order valence-electron chi connectivity index (χ4n) is 3.98. The summed E-state index contributed by atoms with van der Waals surface area (Å²) in [6.07, 6.45) is 4.64. The van der Waals surface area contributed by atoms with Crippen molar-refractivity contribution in [2.45, 2.75) is 56.4 Å². The standard InChI is InChI=1S/C22H36N4OS/c1-3-23-21(24-16-20-10-7-15-28-20)25-17-22(11-13-27-14-12-22)26-18(2)19-8-5-4-6-9-19/h4-6,8-9,18,20,26H,3,7,10-17H2,1-2H3,(H2,23,24,25). The summed E-state index contributed by atoms with van der Waals surface area (Å²) in [5.74, 6) is 2.24. The zero-order valence-electron chi connectivity index (χ0n) is 17.4. The van der Waals surface area contributed by atoms with Gasteiger partial charge in [0.15, 0.2) is 5.96 Å². The lowest BCUT2D eigenvalue weighted by Crippen LogP contribution is -2.53. The maximum Gasteiger partial charge on any atom is 0.191 e. The van der Waals surface area contributed by atoms with Gasteiger partial charge in [-0.05, 0) is 50.8 Å². The topological polar surface area (TPSA) is 57.7 Å². The first kappa shape index (κ1) is 21.5. The maximum absolute atomic E-state index is 5.66. The molecule has 2 atom stereocenters. The van der Waals surface area contributed by atoms with Crippen LogP contribution in [0.4, 0.5) is 0 Å². The van der Waals surface area contributed by atoms with E-state index in [1.165, 1.54) is 24.2 Å². The molecule has 3 N–H and O–H groups in total. The van der Waals surface area contributed by atoms with Crippen LogP contribution in [0, 0.1) is 0 Å². The highest BCUT2D eigenvalue weighted by atomic mass is 32.2. The van der Waals surface area contributed by atoms with Gasteiger partial charge in [-0.15, -0.1) is 0 Å². The van der Waals surface area contributed by atoms with Crippen LogP contribution in [0.1, 0.15) is 51.1 Å². The molecule has 2 saturated heterocycles. The molecular weight excluding hydrogens is 368 g/mol. The van der Waals surface area contributed by atoms with Gasteiger partial charge in [0, 0.05) is 43.1 Å². The van der Waals surface area contributed by atoms with E-state index < -0.39 is 0 Å².